The molecule has 0 atom stereocenters. The molecule has 6 nitrogen and oxygen atoms in total. The molecule has 0 bridgehead atoms. The summed E-state index contributed by atoms with van der Waals surface area (Å²) in [7, 11) is 3.45. The van der Waals surface area contributed by atoms with E-state index in [1.807, 2.05) is 17.6 Å². The van der Waals surface area contributed by atoms with Gasteiger partial charge in [0.2, 0.25) is 0 Å². The number of aromatic amines is 1. The molecule has 0 aliphatic carbocycles. The van der Waals surface area contributed by atoms with Crippen molar-refractivity contribution in [1.82, 2.24) is 25.7 Å². The van der Waals surface area contributed by atoms with Crippen LogP contribution in [0.3, 0.4) is 0 Å². The van der Waals surface area contributed by atoms with Crippen molar-refractivity contribution < 1.29 is 4.79 Å². The number of hydrogen-bond acceptors (Lipinski definition) is 4. The highest BCUT2D eigenvalue weighted by molar-refractivity contribution is 7.13. The topological polar surface area (TPSA) is 73.1 Å². The molecule has 2 amide bonds. The largest absolute Gasteiger partial charge is 0.337 e. The number of carbonyl (C=O) groups is 1. The van der Waals surface area contributed by atoms with Crippen LogP contribution in [0.2, 0.25) is 0 Å². The van der Waals surface area contributed by atoms with E-state index in [2.05, 4.69) is 26.9 Å². The Balaban J connectivity index is 1.76. The van der Waals surface area contributed by atoms with Crippen molar-refractivity contribution in [2.45, 2.75) is 6.54 Å². The van der Waals surface area contributed by atoms with Crippen LogP contribution >= 0.6 is 11.3 Å². The number of thiophene rings is 1. The van der Waals surface area contributed by atoms with Crippen LogP contribution < -0.4 is 10.6 Å². The Morgan fingerprint density at radius 2 is 2.30 bits per heavy atom. The lowest BCUT2D eigenvalue weighted by atomic mass is 10.2. The van der Waals surface area contributed by atoms with E-state index in [0.717, 1.165) is 17.8 Å². The van der Waals surface area contributed by atoms with E-state index in [1.165, 1.54) is 9.78 Å². The first-order valence-corrected chi connectivity index (χ1v) is 7.28. The van der Waals surface area contributed by atoms with Gasteiger partial charge in [-0.3, -0.25) is 5.10 Å². The van der Waals surface area contributed by atoms with Crippen molar-refractivity contribution in [1.29, 1.82) is 0 Å². The number of nitrogens with one attached hydrogen (secondary N) is 3. The molecule has 0 saturated heterocycles. The van der Waals surface area contributed by atoms with E-state index in [9.17, 15) is 4.79 Å². The summed E-state index contributed by atoms with van der Waals surface area (Å²) in [5, 5.41) is 15.3. The van der Waals surface area contributed by atoms with Crippen molar-refractivity contribution in [2.75, 3.05) is 27.2 Å². The molecule has 7 heteroatoms. The van der Waals surface area contributed by atoms with Crippen LogP contribution in [0, 0.1) is 0 Å². The fourth-order valence-corrected chi connectivity index (χ4v) is 2.47. The van der Waals surface area contributed by atoms with E-state index >= 15 is 0 Å². The van der Waals surface area contributed by atoms with Crippen LogP contribution in [0.5, 0.6) is 0 Å². The fourth-order valence-electron chi connectivity index (χ4n) is 1.72. The van der Waals surface area contributed by atoms with Crippen molar-refractivity contribution >= 4 is 17.4 Å². The van der Waals surface area contributed by atoms with Crippen molar-refractivity contribution in [2.24, 2.45) is 0 Å². The third-order valence-electron chi connectivity index (χ3n) is 2.79. The standard InChI is InChI=1S/C13H19N5OS/c1-18(2)13(19)15-6-5-14-8-10-9-16-17-12(10)11-4-3-7-20-11/h3-4,7,9,14H,5-6,8H2,1-2H3,(H,15,19)(H,16,17). The Labute approximate surface area is 122 Å². The summed E-state index contributed by atoms with van der Waals surface area (Å²) in [5.41, 5.74) is 2.19. The minimum Gasteiger partial charge on any atom is -0.337 e. The second-order valence-corrected chi connectivity index (χ2v) is 5.50. The van der Waals surface area contributed by atoms with Gasteiger partial charge in [0.1, 0.15) is 0 Å². The predicted molar refractivity (Wildman–Crippen MR) is 80.7 cm³/mol. The highest BCUT2D eigenvalue weighted by Gasteiger charge is 2.08. The number of rotatable bonds is 6. The second-order valence-electron chi connectivity index (χ2n) is 4.55. The van der Waals surface area contributed by atoms with Gasteiger partial charge in [-0.15, -0.1) is 11.3 Å². The molecule has 0 fully saturated rings. The number of nitrogens with zero attached hydrogens (tertiary/aromatic N) is 2. The molecular weight excluding hydrogens is 274 g/mol. The van der Waals surface area contributed by atoms with Crippen LogP contribution in [-0.4, -0.2) is 48.3 Å². The summed E-state index contributed by atoms with van der Waals surface area (Å²) in [6.07, 6.45) is 1.83. The maximum atomic E-state index is 11.3. The SMILES string of the molecule is CN(C)C(=O)NCCNCc1cn[nH]c1-c1cccs1. The van der Waals surface area contributed by atoms with Crippen molar-refractivity contribution in [3.05, 3.63) is 29.3 Å². The van der Waals surface area contributed by atoms with Crippen molar-refractivity contribution in [3.8, 4) is 10.6 Å². The maximum Gasteiger partial charge on any atom is 0.316 e. The predicted octanol–water partition coefficient (Wildman–Crippen LogP) is 1.50. The molecule has 0 aliphatic heterocycles. The van der Waals surface area contributed by atoms with Gasteiger partial charge in [0.05, 0.1) is 16.8 Å². The Bertz CT molecular complexity index is 535. The molecule has 0 spiro atoms. The lowest BCUT2D eigenvalue weighted by molar-refractivity contribution is 0.217. The normalized spacial score (nSPS) is 10.5. The molecule has 2 rings (SSSR count). The van der Waals surface area contributed by atoms with E-state index < -0.39 is 0 Å². The molecule has 20 heavy (non-hydrogen) atoms. The summed E-state index contributed by atoms with van der Waals surface area (Å²) < 4.78 is 0. The van der Waals surface area contributed by atoms with Crippen LogP contribution in [0.25, 0.3) is 10.6 Å². The molecule has 0 aliphatic rings. The first kappa shape index (κ1) is 14.5. The number of amides is 2. The minimum atomic E-state index is -0.0746. The average Bonchev–Trinajstić information content (AvgIpc) is 3.08. The van der Waals surface area contributed by atoms with Gasteiger partial charge in [-0.2, -0.15) is 5.10 Å². The number of hydrogen-bond donors (Lipinski definition) is 3. The molecule has 2 aromatic heterocycles. The molecule has 108 valence electrons. The third kappa shape index (κ3) is 3.82. The Morgan fingerprint density at radius 1 is 1.45 bits per heavy atom. The quantitative estimate of drug-likeness (QED) is 0.707. The third-order valence-corrected chi connectivity index (χ3v) is 3.67. The van der Waals surface area contributed by atoms with Gasteiger partial charge in [-0.05, 0) is 11.4 Å². The Hall–Kier alpha value is -1.86. The zero-order chi connectivity index (χ0) is 14.4. The highest BCUT2D eigenvalue weighted by atomic mass is 32.1. The molecule has 2 aromatic rings. The van der Waals surface area contributed by atoms with Gasteiger partial charge in [0.15, 0.2) is 0 Å². The van der Waals surface area contributed by atoms with Crippen LogP contribution in [0.1, 0.15) is 5.56 Å². The summed E-state index contributed by atoms with van der Waals surface area (Å²) in [6, 6.07) is 4.02. The zero-order valence-electron chi connectivity index (χ0n) is 11.6. The second kappa shape index (κ2) is 7.06. The summed E-state index contributed by atoms with van der Waals surface area (Å²) in [6.45, 7) is 2.04. The summed E-state index contributed by atoms with van der Waals surface area (Å²) >= 11 is 1.68. The summed E-state index contributed by atoms with van der Waals surface area (Å²) in [5.74, 6) is 0. The highest BCUT2D eigenvalue weighted by Crippen LogP contribution is 2.25. The van der Waals surface area contributed by atoms with E-state index in [0.29, 0.717) is 13.1 Å². The maximum absolute atomic E-state index is 11.3. The van der Waals surface area contributed by atoms with Crippen LogP contribution in [-0.2, 0) is 6.54 Å². The van der Waals surface area contributed by atoms with Gasteiger partial charge < -0.3 is 15.5 Å². The first-order valence-electron chi connectivity index (χ1n) is 6.40. The van der Waals surface area contributed by atoms with Crippen LogP contribution in [0.4, 0.5) is 4.79 Å². The van der Waals surface area contributed by atoms with E-state index in [4.69, 9.17) is 0 Å². The van der Waals surface area contributed by atoms with Gasteiger partial charge in [0, 0.05) is 39.3 Å². The smallest absolute Gasteiger partial charge is 0.316 e. The molecule has 0 aromatic carbocycles. The summed E-state index contributed by atoms with van der Waals surface area (Å²) in [4.78, 5) is 14.0. The van der Waals surface area contributed by atoms with E-state index in [-0.39, 0.29) is 6.03 Å². The minimum absolute atomic E-state index is 0.0746. The van der Waals surface area contributed by atoms with Gasteiger partial charge in [-0.1, -0.05) is 6.07 Å². The number of urea groups is 1. The Morgan fingerprint density at radius 3 is 3.00 bits per heavy atom. The molecule has 0 unspecified atom stereocenters. The number of aromatic nitrogens is 2. The number of H-pyrrole nitrogens is 1. The Kier molecular flexibility index (Phi) is 5.14. The van der Waals surface area contributed by atoms with Gasteiger partial charge >= 0.3 is 6.03 Å². The molecule has 0 saturated carbocycles. The molecule has 3 N–H and O–H groups in total. The molecular formula is C13H19N5OS. The molecule has 0 radical (unpaired) electrons. The fraction of sp³-hybridized carbons (Fsp3) is 0.385. The monoisotopic (exact) mass is 293 g/mol. The lowest BCUT2D eigenvalue weighted by Crippen LogP contribution is -2.38. The zero-order valence-corrected chi connectivity index (χ0v) is 12.5. The lowest BCUT2D eigenvalue weighted by Gasteiger charge is -2.12. The molecule has 2 heterocycles. The van der Waals surface area contributed by atoms with Crippen LogP contribution in [0.15, 0.2) is 23.7 Å². The van der Waals surface area contributed by atoms with Gasteiger partial charge in [0.25, 0.3) is 0 Å². The van der Waals surface area contributed by atoms with Crippen molar-refractivity contribution in [3.63, 3.8) is 0 Å². The van der Waals surface area contributed by atoms with E-state index in [1.54, 1.807) is 25.4 Å². The van der Waals surface area contributed by atoms with Gasteiger partial charge in [-0.25, -0.2) is 4.79 Å². The first-order chi connectivity index (χ1) is 9.68. The average molecular weight is 293 g/mol. The number of carbonyl (C=O) groups excluding carboxylic acids is 1.